The molecule has 2 unspecified atom stereocenters. The average molecular weight is 376 g/mol. The molecule has 1 saturated heterocycles. The summed E-state index contributed by atoms with van der Waals surface area (Å²) in [6.45, 7) is 11.5. The number of nitrogens with one attached hydrogen (secondary N) is 2. The van der Waals surface area contributed by atoms with Crippen LogP contribution in [0.1, 0.15) is 19.4 Å². The molecule has 1 fully saturated rings. The summed E-state index contributed by atoms with van der Waals surface area (Å²) in [6.07, 6.45) is 0. The van der Waals surface area contributed by atoms with Gasteiger partial charge in [0.15, 0.2) is 5.96 Å². The Morgan fingerprint density at radius 3 is 2.74 bits per heavy atom. The van der Waals surface area contributed by atoms with Crippen LogP contribution in [0.5, 0.6) is 0 Å². The van der Waals surface area contributed by atoms with Gasteiger partial charge in [-0.1, -0.05) is 37.3 Å². The lowest BCUT2D eigenvalue weighted by molar-refractivity contribution is 0.0944. The summed E-state index contributed by atoms with van der Waals surface area (Å²) in [5.41, 5.74) is 1.21. The van der Waals surface area contributed by atoms with Crippen LogP contribution in [0.3, 0.4) is 0 Å². The number of aliphatic imine (C=N–C) groups is 1. The molecule has 0 spiro atoms. The number of piperazine rings is 1. The Kier molecular flexibility index (Phi) is 9.59. The van der Waals surface area contributed by atoms with Crippen molar-refractivity contribution in [3.63, 3.8) is 0 Å². The highest BCUT2D eigenvalue weighted by Crippen LogP contribution is 2.05. The topological polar surface area (TPSA) is 52.1 Å². The molecule has 2 atom stereocenters. The molecule has 0 bridgehead atoms. The fourth-order valence-corrected chi connectivity index (χ4v) is 3.13. The Morgan fingerprint density at radius 1 is 1.22 bits per heavy atom. The summed E-state index contributed by atoms with van der Waals surface area (Å²) in [5.74, 6) is 1.28. The highest BCUT2D eigenvalue weighted by Gasteiger charge is 2.22. The van der Waals surface area contributed by atoms with E-state index in [-0.39, 0.29) is 0 Å². The number of guanidine groups is 1. The summed E-state index contributed by atoms with van der Waals surface area (Å²) in [6, 6.07) is 10.8. The molecule has 0 aliphatic carbocycles. The maximum Gasteiger partial charge on any atom is 0.191 e. The zero-order chi connectivity index (χ0) is 19.5. The van der Waals surface area contributed by atoms with E-state index in [4.69, 9.17) is 9.73 Å². The zero-order valence-electron chi connectivity index (χ0n) is 17.4. The summed E-state index contributed by atoms with van der Waals surface area (Å²) >= 11 is 0. The van der Waals surface area contributed by atoms with E-state index in [9.17, 15) is 0 Å². The van der Waals surface area contributed by atoms with Gasteiger partial charge >= 0.3 is 0 Å². The van der Waals surface area contributed by atoms with Crippen LogP contribution >= 0.6 is 0 Å². The van der Waals surface area contributed by atoms with Crippen LogP contribution in [0, 0.1) is 5.92 Å². The molecule has 0 radical (unpaired) electrons. The third-order valence-corrected chi connectivity index (χ3v) is 4.90. The third kappa shape index (κ3) is 8.28. The van der Waals surface area contributed by atoms with Crippen molar-refractivity contribution in [1.29, 1.82) is 0 Å². The minimum absolute atomic E-state index is 0.382. The second-order valence-electron chi connectivity index (χ2n) is 7.60. The van der Waals surface area contributed by atoms with E-state index in [1.54, 1.807) is 0 Å². The SMILES string of the molecule is CCNC(=NCC(C)COCc1ccccc1)NCC1CN(C)CCN1C. The second kappa shape index (κ2) is 12.0. The van der Waals surface area contributed by atoms with Crippen LogP contribution in [0.4, 0.5) is 0 Å². The van der Waals surface area contributed by atoms with Crippen molar-refractivity contribution in [2.45, 2.75) is 26.5 Å². The van der Waals surface area contributed by atoms with E-state index < -0.39 is 0 Å². The van der Waals surface area contributed by atoms with Crippen molar-refractivity contribution in [2.75, 3.05) is 60.0 Å². The number of likely N-dealkylation sites (N-methyl/N-ethyl adjacent to an activating group) is 2. The highest BCUT2D eigenvalue weighted by molar-refractivity contribution is 5.79. The first-order valence-electron chi connectivity index (χ1n) is 10.1. The first-order chi connectivity index (χ1) is 13.1. The van der Waals surface area contributed by atoms with Gasteiger partial charge in [-0.15, -0.1) is 0 Å². The molecule has 152 valence electrons. The quantitative estimate of drug-likeness (QED) is 0.508. The van der Waals surface area contributed by atoms with Gasteiger partial charge in [0.25, 0.3) is 0 Å². The number of hydrogen-bond acceptors (Lipinski definition) is 4. The maximum atomic E-state index is 5.83. The second-order valence-corrected chi connectivity index (χ2v) is 7.60. The molecule has 6 nitrogen and oxygen atoms in total. The normalized spacial score (nSPS) is 20.4. The Labute approximate surface area is 165 Å². The average Bonchev–Trinajstić information content (AvgIpc) is 2.67. The Balaban J connectivity index is 1.72. The van der Waals surface area contributed by atoms with Gasteiger partial charge in [0, 0.05) is 45.3 Å². The van der Waals surface area contributed by atoms with E-state index >= 15 is 0 Å². The van der Waals surface area contributed by atoms with Gasteiger partial charge in [0.1, 0.15) is 0 Å². The number of hydrogen-bond donors (Lipinski definition) is 2. The molecule has 1 aromatic carbocycles. The van der Waals surface area contributed by atoms with Crippen molar-refractivity contribution in [3.8, 4) is 0 Å². The van der Waals surface area contributed by atoms with Crippen molar-refractivity contribution < 1.29 is 4.74 Å². The predicted molar refractivity (Wildman–Crippen MR) is 113 cm³/mol. The first-order valence-corrected chi connectivity index (χ1v) is 10.1. The van der Waals surface area contributed by atoms with E-state index in [1.807, 2.05) is 18.2 Å². The zero-order valence-corrected chi connectivity index (χ0v) is 17.4. The number of ether oxygens (including phenoxy) is 1. The van der Waals surface area contributed by atoms with Crippen molar-refractivity contribution >= 4 is 5.96 Å². The van der Waals surface area contributed by atoms with Gasteiger partial charge in [-0.05, 0) is 32.5 Å². The van der Waals surface area contributed by atoms with Crippen LogP contribution in [0.25, 0.3) is 0 Å². The molecule has 2 rings (SSSR count). The van der Waals surface area contributed by atoms with Crippen molar-refractivity contribution in [2.24, 2.45) is 10.9 Å². The molecule has 0 aromatic heterocycles. The van der Waals surface area contributed by atoms with Gasteiger partial charge < -0.3 is 20.3 Å². The summed E-state index contributed by atoms with van der Waals surface area (Å²) < 4.78 is 5.83. The lowest BCUT2D eigenvalue weighted by Crippen LogP contribution is -2.55. The molecule has 1 aromatic rings. The predicted octanol–water partition coefficient (Wildman–Crippen LogP) is 1.64. The number of rotatable bonds is 9. The number of benzene rings is 1. The summed E-state index contributed by atoms with van der Waals surface area (Å²) in [5, 5.41) is 6.86. The van der Waals surface area contributed by atoms with Crippen LogP contribution in [-0.2, 0) is 11.3 Å². The van der Waals surface area contributed by atoms with Crippen molar-refractivity contribution in [3.05, 3.63) is 35.9 Å². The van der Waals surface area contributed by atoms with Crippen LogP contribution in [-0.4, -0.2) is 81.8 Å². The maximum absolute atomic E-state index is 5.83. The van der Waals surface area contributed by atoms with Crippen LogP contribution in [0.15, 0.2) is 35.3 Å². The van der Waals surface area contributed by atoms with Crippen LogP contribution < -0.4 is 10.6 Å². The minimum atomic E-state index is 0.382. The monoisotopic (exact) mass is 375 g/mol. The summed E-state index contributed by atoms with van der Waals surface area (Å²) in [4.78, 5) is 9.57. The Bertz CT molecular complexity index is 551. The standard InChI is InChI=1S/C21H37N5O/c1-5-22-21(24-14-20-15-25(3)11-12-26(20)4)23-13-18(2)16-27-17-19-9-7-6-8-10-19/h6-10,18,20H,5,11-17H2,1-4H3,(H2,22,23,24). The fourth-order valence-electron chi connectivity index (χ4n) is 3.13. The van der Waals surface area contributed by atoms with Gasteiger partial charge in [-0.2, -0.15) is 0 Å². The number of nitrogens with zero attached hydrogens (tertiary/aromatic N) is 3. The molecule has 0 saturated carbocycles. The summed E-state index contributed by atoms with van der Waals surface area (Å²) in [7, 11) is 4.39. The molecule has 6 heteroatoms. The molecular formula is C21H37N5O. The molecule has 1 heterocycles. The smallest absolute Gasteiger partial charge is 0.191 e. The third-order valence-electron chi connectivity index (χ3n) is 4.90. The molecule has 1 aliphatic heterocycles. The van der Waals surface area contributed by atoms with E-state index in [1.165, 1.54) is 5.56 Å². The molecule has 1 aliphatic rings. The largest absolute Gasteiger partial charge is 0.376 e. The van der Waals surface area contributed by atoms with E-state index in [2.05, 4.69) is 60.5 Å². The molecule has 27 heavy (non-hydrogen) atoms. The van der Waals surface area contributed by atoms with Gasteiger partial charge in [0.05, 0.1) is 13.2 Å². The van der Waals surface area contributed by atoms with Crippen LogP contribution in [0.2, 0.25) is 0 Å². The molecule has 2 N–H and O–H groups in total. The van der Waals surface area contributed by atoms with E-state index in [0.29, 0.717) is 25.2 Å². The molecule has 0 amide bonds. The van der Waals surface area contributed by atoms with E-state index in [0.717, 1.165) is 45.2 Å². The van der Waals surface area contributed by atoms with Crippen molar-refractivity contribution in [1.82, 2.24) is 20.4 Å². The fraction of sp³-hybridized carbons (Fsp3) is 0.667. The van der Waals surface area contributed by atoms with Gasteiger partial charge in [-0.3, -0.25) is 9.89 Å². The minimum Gasteiger partial charge on any atom is -0.376 e. The Morgan fingerprint density at radius 2 is 2.00 bits per heavy atom. The Hall–Kier alpha value is -1.63. The first kappa shape index (κ1) is 21.7. The lowest BCUT2D eigenvalue weighted by atomic mass is 10.2. The van der Waals surface area contributed by atoms with Gasteiger partial charge in [-0.25, -0.2) is 0 Å². The molecular weight excluding hydrogens is 338 g/mol. The van der Waals surface area contributed by atoms with Gasteiger partial charge in [0.2, 0.25) is 0 Å². The highest BCUT2D eigenvalue weighted by atomic mass is 16.5. The lowest BCUT2D eigenvalue weighted by Gasteiger charge is -2.37.